The standard InChI is InChI=1S/C30H39NO3/c1-5-8-23-16-26(30(34,6-2)7-3)12-14-28(23)29-17-27(13-9-21(29)4)31-18-22-10-11-24(19-32)25(15-22)20-33/h9-17,31-34H,5-8,18-20H2,1-4H3. The molecule has 0 fully saturated rings. The maximum Gasteiger partial charge on any atom is 0.0891 e. The molecule has 4 N–H and O–H groups in total. The van der Waals surface area contributed by atoms with Gasteiger partial charge in [0, 0.05) is 12.2 Å². The summed E-state index contributed by atoms with van der Waals surface area (Å²) in [4.78, 5) is 0. The fraction of sp³-hybridized carbons (Fsp3) is 0.400. The Kier molecular flexibility index (Phi) is 8.90. The summed E-state index contributed by atoms with van der Waals surface area (Å²) in [6.07, 6.45) is 3.40. The molecule has 34 heavy (non-hydrogen) atoms. The molecule has 0 unspecified atom stereocenters. The summed E-state index contributed by atoms with van der Waals surface area (Å²) < 4.78 is 0. The predicted octanol–water partition coefficient (Wildman–Crippen LogP) is 6.22. The van der Waals surface area contributed by atoms with Gasteiger partial charge in [-0.1, -0.05) is 69.7 Å². The summed E-state index contributed by atoms with van der Waals surface area (Å²) in [5.74, 6) is 0. The number of aliphatic hydroxyl groups excluding tert-OH is 2. The molecule has 0 aliphatic carbocycles. The smallest absolute Gasteiger partial charge is 0.0891 e. The van der Waals surface area contributed by atoms with E-state index in [2.05, 4.69) is 55.6 Å². The molecule has 3 aromatic carbocycles. The molecule has 182 valence electrons. The van der Waals surface area contributed by atoms with E-state index in [0.29, 0.717) is 19.4 Å². The van der Waals surface area contributed by atoms with Crippen LogP contribution in [-0.4, -0.2) is 15.3 Å². The predicted molar refractivity (Wildman–Crippen MR) is 141 cm³/mol. The Morgan fingerprint density at radius 3 is 2.15 bits per heavy atom. The van der Waals surface area contributed by atoms with E-state index in [-0.39, 0.29) is 13.2 Å². The lowest BCUT2D eigenvalue weighted by atomic mass is 9.84. The average Bonchev–Trinajstić information content (AvgIpc) is 2.87. The van der Waals surface area contributed by atoms with Crippen molar-refractivity contribution >= 4 is 5.69 Å². The maximum atomic E-state index is 11.1. The van der Waals surface area contributed by atoms with E-state index in [4.69, 9.17) is 0 Å². The van der Waals surface area contributed by atoms with Crippen LogP contribution in [0.3, 0.4) is 0 Å². The van der Waals surface area contributed by atoms with E-state index in [0.717, 1.165) is 40.8 Å². The lowest BCUT2D eigenvalue weighted by Gasteiger charge is -2.27. The number of hydrogen-bond acceptors (Lipinski definition) is 4. The molecule has 0 saturated heterocycles. The Morgan fingerprint density at radius 2 is 1.50 bits per heavy atom. The lowest BCUT2D eigenvalue weighted by molar-refractivity contribution is 0.0283. The van der Waals surface area contributed by atoms with Gasteiger partial charge in [0.2, 0.25) is 0 Å². The highest BCUT2D eigenvalue weighted by molar-refractivity contribution is 5.74. The van der Waals surface area contributed by atoms with Crippen molar-refractivity contribution in [2.24, 2.45) is 0 Å². The third-order valence-corrected chi connectivity index (χ3v) is 6.97. The largest absolute Gasteiger partial charge is 0.392 e. The zero-order valence-corrected chi connectivity index (χ0v) is 21.0. The SMILES string of the molecule is CCCc1cc(C(O)(CC)CC)ccc1-c1cc(NCc2ccc(CO)c(CO)c2)ccc1C. The molecule has 0 heterocycles. The van der Waals surface area contributed by atoms with Crippen LogP contribution < -0.4 is 5.32 Å². The molecule has 4 nitrogen and oxygen atoms in total. The van der Waals surface area contributed by atoms with Gasteiger partial charge < -0.3 is 20.6 Å². The number of benzene rings is 3. The normalized spacial score (nSPS) is 11.6. The van der Waals surface area contributed by atoms with Crippen molar-refractivity contribution in [2.75, 3.05) is 5.32 Å². The second-order valence-corrected chi connectivity index (χ2v) is 9.16. The first kappa shape index (κ1) is 26.0. The number of hydrogen-bond donors (Lipinski definition) is 4. The highest BCUT2D eigenvalue weighted by atomic mass is 16.3. The number of nitrogens with one attached hydrogen (secondary N) is 1. The molecular formula is C30H39NO3. The van der Waals surface area contributed by atoms with Crippen LogP contribution in [0.4, 0.5) is 5.69 Å². The fourth-order valence-electron chi connectivity index (χ4n) is 4.60. The highest BCUT2D eigenvalue weighted by Gasteiger charge is 2.25. The van der Waals surface area contributed by atoms with Gasteiger partial charge in [-0.15, -0.1) is 0 Å². The molecule has 4 heteroatoms. The first-order valence-corrected chi connectivity index (χ1v) is 12.4. The van der Waals surface area contributed by atoms with Crippen LogP contribution in [0, 0.1) is 6.92 Å². The van der Waals surface area contributed by atoms with Crippen molar-refractivity contribution in [3.8, 4) is 11.1 Å². The molecule has 3 aromatic rings. The molecule has 0 aromatic heterocycles. The first-order chi connectivity index (χ1) is 16.4. The minimum absolute atomic E-state index is 0.0717. The zero-order valence-electron chi connectivity index (χ0n) is 21.0. The summed E-state index contributed by atoms with van der Waals surface area (Å²) in [6.45, 7) is 8.88. The zero-order chi connectivity index (χ0) is 24.7. The van der Waals surface area contributed by atoms with Crippen LogP contribution in [-0.2, 0) is 31.8 Å². The lowest BCUT2D eigenvalue weighted by Crippen LogP contribution is -2.23. The molecule has 0 saturated carbocycles. The van der Waals surface area contributed by atoms with Crippen LogP contribution in [0.1, 0.15) is 73.4 Å². The van der Waals surface area contributed by atoms with Crippen molar-refractivity contribution < 1.29 is 15.3 Å². The van der Waals surface area contributed by atoms with Crippen LogP contribution in [0.25, 0.3) is 11.1 Å². The van der Waals surface area contributed by atoms with Gasteiger partial charge in [-0.2, -0.15) is 0 Å². The number of aliphatic hydroxyl groups is 3. The van der Waals surface area contributed by atoms with Gasteiger partial charge in [0.1, 0.15) is 0 Å². The van der Waals surface area contributed by atoms with Gasteiger partial charge in [-0.25, -0.2) is 0 Å². The van der Waals surface area contributed by atoms with E-state index >= 15 is 0 Å². The van der Waals surface area contributed by atoms with Crippen molar-refractivity contribution in [3.63, 3.8) is 0 Å². The van der Waals surface area contributed by atoms with E-state index < -0.39 is 5.60 Å². The summed E-state index contributed by atoms with van der Waals surface area (Å²) >= 11 is 0. The van der Waals surface area contributed by atoms with Crippen molar-refractivity contribution in [1.29, 1.82) is 0 Å². The van der Waals surface area contributed by atoms with Crippen molar-refractivity contribution in [1.82, 2.24) is 0 Å². The van der Waals surface area contributed by atoms with Crippen molar-refractivity contribution in [3.05, 3.63) is 88.0 Å². The third kappa shape index (κ3) is 5.69. The second-order valence-electron chi connectivity index (χ2n) is 9.16. The molecule has 0 bridgehead atoms. The Hall–Kier alpha value is -2.66. The third-order valence-electron chi connectivity index (χ3n) is 6.97. The summed E-state index contributed by atoms with van der Waals surface area (Å²) in [6, 6.07) is 18.7. The van der Waals surface area contributed by atoms with E-state index in [9.17, 15) is 15.3 Å². The monoisotopic (exact) mass is 461 g/mol. The molecule has 0 aliphatic heterocycles. The Balaban J connectivity index is 1.91. The maximum absolute atomic E-state index is 11.1. The average molecular weight is 462 g/mol. The van der Waals surface area contributed by atoms with Gasteiger partial charge >= 0.3 is 0 Å². The van der Waals surface area contributed by atoms with Gasteiger partial charge in [-0.3, -0.25) is 0 Å². The first-order valence-electron chi connectivity index (χ1n) is 12.4. The van der Waals surface area contributed by atoms with Gasteiger partial charge in [0.15, 0.2) is 0 Å². The Labute approximate surface area is 204 Å². The second kappa shape index (κ2) is 11.7. The van der Waals surface area contributed by atoms with E-state index in [1.807, 2.05) is 32.0 Å². The molecular weight excluding hydrogens is 422 g/mol. The summed E-state index contributed by atoms with van der Waals surface area (Å²) in [5, 5.41) is 33.6. The Morgan fingerprint density at radius 1 is 0.765 bits per heavy atom. The molecule has 3 rings (SSSR count). The molecule has 0 aliphatic rings. The molecule has 0 atom stereocenters. The van der Waals surface area contributed by atoms with Crippen LogP contribution in [0.2, 0.25) is 0 Å². The summed E-state index contributed by atoms with van der Waals surface area (Å²) in [7, 11) is 0. The van der Waals surface area contributed by atoms with Crippen LogP contribution in [0.15, 0.2) is 54.6 Å². The van der Waals surface area contributed by atoms with Gasteiger partial charge in [0.25, 0.3) is 0 Å². The van der Waals surface area contributed by atoms with Crippen LogP contribution in [0.5, 0.6) is 0 Å². The number of anilines is 1. The minimum Gasteiger partial charge on any atom is -0.392 e. The molecule has 0 amide bonds. The summed E-state index contributed by atoms with van der Waals surface area (Å²) in [5.41, 5.74) is 8.73. The Bertz CT molecular complexity index is 1100. The number of aryl methyl sites for hydroxylation is 2. The highest BCUT2D eigenvalue weighted by Crippen LogP contribution is 2.35. The number of rotatable bonds is 11. The fourth-order valence-corrected chi connectivity index (χ4v) is 4.60. The topological polar surface area (TPSA) is 72.7 Å². The van der Waals surface area contributed by atoms with Crippen molar-refractivity contribution in [2.45, 2.75) is 78.7 Å². The molecule has 0 spiro atoms. The molecule has 0 radical (unpaired) electrons. The van der Waals surface area contributed by atoms with Gasteiger partial charge in [0.05, 0.1) is 18.8 Å². The van der Waals surface area contributed by atoms with E-state index in [1.54, 1.807) is 0 Å². The quantitative estimate of drug-likeness (QED) is 0.274. The van der Waals surface area contributed by atoms with Crippen LogP contribution >= 0.6 is 0 Å². The van der Waals surface area contributed by atoms with Gasteiger partial charge in [-0.05, 0) is 82.8 Å². The van der Waals surface area contributed by atoms with E-state index in [1.165, 1.54) is 22.3 Å². The minimum atomic E-state index is -0.779.